The van der Waals surface area contributed by atoms with Crippen LogP contribution in [0.5, 0.6) is 0 Å². The molecule has 4 rings (SSSR count). The number of hydrogen-bond acceptors (Lipinski definition) is 5. The van der Waals surface area contributed by atoms with Crippen LogP contribution in [-0.2, 0) is 11.2 Å². The normalized spacial score (nSPS) is 11.2. The topological polar surface area (TPSA) is 131 Å². The Balaban J connectivity index is 1.51. The molecule has 28 heavy (non-hydrogen) atoms. The van der Waals surface area contributed by atoms with Crippen molar-refractivity contribution in [1.29, 1.82) is 0 Å². The minimum atomic E-state index is -0.567. The van der Waals surface area contributed by atoms with Gasteiger partial charge in [0.05, 0.1) is 17.9 Å². The van der Waals surface area contributed by atoms with Crippen LogP contribution >= 0.6 is 0 Å². The molecule has 4 aromatic rings. The third kappa shape index (κ3) is 3.07. The van der Waals surface area contributed by atoms with Gasteiger partial charge in [0.2, 0.25) is 5.91 Å². The summed E-state index contributed by atoms with van der Waals surface area (Å²) in [6.45, 7) is 3.74. The molecular formula is C19H19N7O2. The van der Waals surface area contributed by atoms with Gasteiger partial charge in [-0.3, -0.25) is 14.7 Å². The molecule has 2 amide bonds. The summed E-state index contributed by atoms with van der Waals surface area (Å²) in [6, 6.07) is 5.58. The first kappa shape index (κ1) is 17.7. The number of rotatable bonds is 5. The number of anilines is 1. The second-order valence-corrected chi connectivity index (χ2v) is 6.64. The van der Waals surface area contributed by atoms with E-state index in [1.54, 1.807) is 10.7 Å². The SMILES string of the molecule is Cc1nc2c(C(N)=O)cnn2c(C)c1CCC(=O)Nc1ccc2[nH]ncc2c1. The van der Waals surface area contributed by atoms with E-state index in [-0.39, 0.29) is 11.5 Å². The number of carbonyl (C=O) groups is 2. The van der Waals surface area contributed by atoms with Gasteiger partial charge in [0, 0.05) is 28.9 Å². The molecule has 0 unspecified atom stereocenters. The fourth-order valence-corrected chi connectivity index (χ4v) is 3.33. The highest BCUT2D eigenvalue weighted by Crippen LogP contribution is 2.20. The molecule has 9 nitrogen and oxygen atoms in total. The lowest BCUT2D eigenvalue weighted by atomic mass is 10.1. The van der Waals surface area contributed by atoms with Gasteiger partial charge in [-0.25, -0.2) is 9.50 Å². The molecule has 1 aromatic carbocycles. The summed E-state index contributed by atoms with van der Waals surface area (Å²) in [5.74, 6) is -0.664. The molecule has 0 saturated carbocycles. The highest BCUT2D eigenvalue weighted by atomic mass is 16.2. The number of primary amides is 1. The van der Waals surface area contributed by atoms with E-state index in [0.717, 1.165) is 33.5 Å². The molecule has 3 heterocycles. The minimum Gasteiger partial charge on any atom is -0.365 e. The quantitative estimate of drug-likeness (QED) is 0.489. The van der Waals surface area contributed by atoms with Crippen molar-refractivity contribution in [1.82, 2.24) is 24.8 Å². The molecule has 0 spiro atoms. The van der Waals surface area contributed by atoms with Gasteiger partial charge < -0.3 is 11.1 Å². The van der Waals surface area contributed by atoms with Gasteiger partial charge in [-0.05, 0) is 44.0 Å². The largest absolute Gasteiger partial charge is 0.365 e. The summed E-state index contributed by atoms with van der Waals surface area (Å²) >= 11 is 0. The summed E-state index contributed by atoms with van der Waals surface area (Å²) in [5, 5.41) is 14.9. The monoisotopic (exact) mass is 377 g/mol. The summed E-state index contributed by atoms with van der Waals surface area (Å²) in [7, 11) is 0. The zero-order chi connectivity index (χ0) is 19.8. The Labute approximate surface area is 159 Å². The molecule has 0 aliphatic rings. The van der Waals surface area contributed by atoms with E-state index in [9.17, 15) is 9.59 Å². The number of aryl methyl sites for hydroxylation is 2. The molecule has 9 heteroatoms. The first-order valence-electron chi connectivity index (χ1n) is 8.80. The van der Waals surface area contributed by atoms with Crippen molar-refractivity contribution in [3.8, 4) is 0 Å². The lowest BCUT2D eigenvalue weighted by Gasteiger charge is -2.11. The van der Waals surface area contributed by atoms with Gasteiger partial charge in [-0.15, -0.1) is 0 Å². The third-order valence-corrected chi connectivity index (χ3v) is 4.80. The van der Waals surface area contributed by atoms with Crippen LogP contribution in [0, 0.1) is 13.8 Å². The molecule has 0 aliphatic heterocycles. The Morgan fingerprint density at radius 1 is 1.25 bits per heavy atom. The average molecular weight is 377 g/mol. The Hall–Kier alpha value is -3.75. The number of aromatic nitrogens is 5. The molecule has 3 aromatic heterocycles. The van der Waals surface area contributed by atoms with E-state index >= 15 is 0 Å². The minimum absolute atomic E-state index is 0.0972. The standard InChI is InChI=1S/C19H19N7O2/c1-10-14(11(2)26-19(23-10)15(9-22-26)18(20)28)4-6-17(27)24-13-3-5-16-12(7-13)8-21-25-16/h3,5,7-9H,4,6H2,1-2H3,(H2,20,28)(H,21,25)(H,24,27). The number of nitrogens with zero attached hydrogens (tertiary/aromatic N) is 4. The molecule has 142 valence electrons. The van der Waals surface area contributed by atoms with Gasteiger partial charge in [0.1, 0.15) is 5.56 Å². The number of amides is 2. The van der Waals surface area contributed by atoms with Crippen molar-refractivity contribution in [3.63, 3.8) is 0 Å². The average Bonchev–Trinajstić information content (AvgIpc) is 3.27. The van der Waals surface area contributed by atoms with Crippen molar-refractivity contribution in [2.24, 2.45) is 5.73 Å². The highest BCUT2D eigenvalue weighted by Gasteiger charge is 2.17. The van der Waals surface area contributed by atoms with Crippen LogP contribution in [0.2, 0.25) is 0 Å². The number of H-pyrrole nitrogens is 1. The summed E-state index contributed by atoms with van der Waals surface area (Å²) in [5.41, 5.74) is 10.2. The first-order valence-corrected chi connectivity index (χ1v) is 8.80. The van der Waals surface area contributed by atoms with Gasteiger partial charge in [0.25, 0.3) is 5.91 Å². The smallest absolute Gasteiger partial charge is 0.254 e. The Kier molecular flexibility index (Phi) is 4.26. The molecular weight excluding hydrogens is 358 g/mol. The first-order chi connectivity index (χ1) is 13.4. The predicted molar refractivity (Wildman–Crippen MR) is 104 cm³/mol. The van der Waals surface area contributed by atoms with Crippen molar-refractivity contribution < 1.29 is 9.59 Å². The molecule has 0 saturated heterocycles. The van der Waals surface area contributed by atoms with Crippen LogP contribution in [0.1, 0.15) is 33.7 Å². The van der Waals surface area contributed by atoms with Crippen LogP contribution in [0.15, 0.2) is 30.6 Å². The van der Waals surface area contributed by atoms with Crippen LogP contribution < -0.4 is 11.1 Å². The van der Waals surface area contributed by atoms with E-state index in [2.05, 4.69) is 25.6 Å². The number of carbonyl (C=O) groups excluding carboxylic acids is 2. The number of nitrogens with one attached hydrogen (secondary N) is 2. The summed E-state index contributed by atoms with van der Waals surface area (Å²) in [6.07, 6.45) is 3.93. The lowest BCUT2D eigenvalue weighted by molar-refractivity contribution is -0.116. The van der Waals surface area contributed by atoms with Crippen LogP contribution in [0.3, 0.4) is 0 Å². The van der Waals surface area contributed by atoms with E-state index in [4.69, 9.17) is 5.73 Å². The van der Waals surface area contributed by atoms with E-state index in [0.29, 0.717) is 18.5 Å². The molecule has 0 aliphatic carbocycles. The second kappa shape index (κ2) is 6.76. The van der Waals surface area contributed by atoms with Crippen LogP contribution in [0.4, 0.5) is 5.69 Å². The van der Waals surface area contributed by atoms with Crippen LogP contribution in [-0.4, -0.2) is 36.6 Å². The molecule has 0 bridgehead atoms. The number of hydrogen-bond donors (Lipinski definition) is 3. The number of benzene rings is 1. The number of fused-ring (bicyclic) bond motifs is 2. The zero-order valence-corrected chi connectivity index (χ0v) is 15.5. The number of aromatic amines is 1. The van der Waals surface area contributed by atoms with Gasteiger partial charge in [0.15, 0.2) is 5.65 Å². The van der Waals surface area contributed by atoms with E-state index < -0.39 is 5.91 Å². The van der Waals surface area contributed by atoms with Crippen molar-refractivity contribution in [2.75, 3.05) is 5.32 Å². The Morgan fingerprint density at radius 3 is 2.86 bits per heavy atom. The summed E-state index contributed by atoms with van der Waals surface area (Å²) < 4.78 is 1.59. The van der Waals surface area contributed by atoms with Gasteiger partial charge in [-0.1, -0.05) is 0 Å². The van der Waals surface area contributed by atoms with Crippen molar-refractivity contribution in [3.05, 3.63) is 53.1 Å². The molecule has 0 atom stereocenters. The fourth-order valence-electron chi connectivity index (χ4n) is 3.33. The second-order valence-electron chi connectivity index (χ2n) is 6.64. The van der Waals surface area contributed by atoms with Crippen molar-refractivity contribution >= 4 is 34.1 Å². The maximum Gasteiger partial charge on any atom is 0.254 e. The Morgan fingerprint density at radius 2 is 2.07 bits per heavy atom. The van der Waals surface area contributed by atoms with Crippen molar-refractivity contribution in [2.45, 2.75) is 26.7 Å². The maximum atomic E-state index is 12.4. The van der Waals surface area contributed by atoms with Crippen LogP contribution in [0.25, 0.3) is 16.6 Å². The third-order valence-electron chi connectivity index (χ3n) is 4.80. The fraction of sp³-hybridized carbons (Fsp3) is 0.211. The van der Waals surface area contributed by atoms with Gasteiger partial charge >= 0.3 is 0 Å². The number of nitrogens with two attached hydrogens (primary N) is 1. The lowest BCUT2D eigenvalue weighted by Crippen LogP contribution is -2.15. The van der Waals surface area contributed by atoms with E-state index in [1.807, 2.05) is 32.0 Å². The van der Waals surface area contributed by atoms with Gasteiger partial charge in [-0.2, -0.15) is 10.2 Å². The molecule has 0 fully saturated rings. The predicted octanol–water partition coefficient (Wildman–Crippen LogP) is 1.89. The highest BCUT2D eigenvalue weighted by molar-refractivity contribution is 5.98. The molecule has 4 N–H and O–H groups in total. The summed E-state index contributed by atoms with van der Waals surface area (Å²) in [4.78, 5) is 28.4. The maximum absolute atomic E-state index is 12.4. The molecule has 0 radical (unpaired) electrons. The Bertz CT molecular complexity index is 1220. The van der Waals surface area contributed by atoms with E-state index in [1.165, 1.54) is 6.20 Å². The zero-order valence-electron chi connectivity index (χ0n) is 15.5.